The second-order valence-electron chi connectivity index (χ2n) is 8.65. The third-order valence-electron chi connectivity index (χ3n) is 6.14. The molecule has 4 rings (SSSR count). The van der Waals surface area contributed by atoms with Gasteiger partial charge >= 0.3 is 0 Å². The van der Waals surface area contributed by atoms with Gasteiger partial charge in [-0.1, -0.05) is 12.1 Å². The lowest BCUT2D eigenvalue weighted by Gasteiger charge is -2.36. The van der Waals surface area contributed by atoms with E-state index in [2.05, 4.69) is 38.9 Å². The maximum Gasteiger partial charge on any atom is 0.146 e. The monoisotopic (exact) mass is 399 g/mol. The van der Waals surface area contributed by atoms with Crippen molar-refractivity contribution in [2.75, 3.05) is 52.9 Å². The number of β-amino-alcohol motifs (C(OH)–C–C–N with tert-alkyl or cyclic N) is 1. The predicted molar refractivity (Wildman–Crippen MR) is 113 cm³/mol. The summed E-state index contributed by atoms with van der Waals surface area (Å²) in [5, 5.41) is 11.1. The van der Waals surface area contributed by atoms with Gasteiger partial charge in [-0.25, -0.2) is 4.98 Å². The summed E-state index contributed by atoms with van der Waals surface area (Å²) in [6.07, 6.45) is 4.55. The van der Waals surface area contributed by atoms with E-state index in [0.29, 0.717) is 6.61 Å². The summed E-state index contributed by atoms with van der Waals surface area (Å²) in [6, 6.07) is 8.27. The molecule has 0 aliphatic carbocycles. The highest BCUT2D eigenvalue weighted by Crippen LogP contribution is 2.25. The van der Waals surface area contributed by atoms with E-state index in [0.717, 1.165) is 70.4 Å². The van der Waals surface area contributed by atoms with Gasteiger partial charge in [-0.2, -0.15) is 0 Å². The van der Waals surface area contributed by atoms with Crippen LogP contribution in [0, 0.1) is 0 Å². The Hall–Kier alpha value is -1.93. The summed E-state index contributed by atoms with van der Waals surface area (Å²) in [5.41, 5.74) is 0.666. The molecule has 3 heterocycles. The van der Waals surface area contributed by atoms with Crippen LogP contribution in [0.1, 0.15) is 17.8 Å². The van der Waals surface area contributed by atoms with Crippen LogP contribution < -0.4 is 4.74 Å². The number of ether oxygens (including phenoxy) is 1. The van der Waals surface area contributed by atoms with Gasteiger partial charge < -0.3 is 19.3 Å². The van der Waals surface area contributed by atoms with Gasteiger partial charge in [0.25, 0.3) is 0 Å². The van der Waals surface area contributed by atoms with Gasteiger partial charge in [0.2, 0.25) is 0 Å². The van der Waals surface area contributed by atoms with Crippen molar-refractivity contribution in [3.05, 3.63) is 48.0 Å². The Balaban J connectivity index is 1.25. The number of rotatable bonds is 7. The molecule has 0 spiro atoms. The lowest BCUT2D eigenvalue weighted by molar-refractivity contribution is -0.000370. The van der Waals surface area contributed by atoms with Gasteiger partial charge in [0.1, 0.15) is 18.2 Å². The summed E-state index contributed by atoms with van der Waals surface area (Å²) in [5.74, 6) is 1.76. The van der Waals surface area contributed by atoms with Crippen LogP contribution in [-0.4, -0.2) is 87.8 Å². The molecule has 2 aliphatic rings. The molecule has 0 unspecified atom stereocenters. The van der Waals surface area contributed by atoms with Crippen molar-refractivity contribution >= 4 is 0 Å². The fraction of sp³-hybridized carbons (Fsp3) is 0.591. The Kier molecular flexibility index (Phi) is 6.20. The Morgan fingerprint density at radius 3 is 2.48 bits per heavy atom. The van der Waals surface area contributed by atoms with E-state index in [1.165, 1.54) is 5.56 Å². The molecule has 1 N–H and O–H groups in total. The number of benzene rings is 1. The van der Waals surface area contributed by atoms with Crippen LogP contribution in [0.15, 0.2) is 36.7 Å². The first-order valence-corrected chi connectivity index (χ1v) is 10.5. The highest BCUT2D eigenvalue weighted by molar-refractivity contribution is 5.27. The lowest BCUT2D eigenvalue weighted by atomic mass is 10.0. The van der Waals surface area contributed by atoms with Crippen LogP contribution >= 0.6 is 0 Å². The number of nitrogens with zero attached hydrogens (tertiary/aromatic N) is 5. The summed E-state index contributed by atoms with van der Waals surface area (Å²) in [7, 11) is 4.13. The fourth-order valence-corrected chi connectivity index (χ4v) is 4.26. The molecule has 0 amide bonds. The Labute approximate surface area is 173 Å². The molecule has 0 radical (unpaired) electrons. The number of likely N-dealkylation sites (tertiary alicyclic amines) is 1. The van der Waals surface area contributed by atoms with Crippen molar-refractivity contribution < 1.29 is 9.84 Å². The fourth-order valence-electron chi connectivity index (χ4n) is 4.26. The highest BCUT2D eigenvalue weighted by atomic mass is 16.5. The normalized spacial score (nSPS) is 24.2. The molecule has 0 bridgehead atoms. The van der Waals surface area contributed by atoms with Crippen LogP contribution in [0.25, 0.3) is 0 Å². The largest absolute Gasteiger partial charge is 0.486 e. The smallest absolute Gasteiger partial charge is 0.146 e. The summed E-state index contributed by atoms with van der Waals surface area (Å²) in [4.78, 5) is 11.4. The van der Waals surface area contributed by atoms with Gasteiger partial charge in [-0.15, -0.1) is 0 Å². The van der Waals surface area contributed by atoms with Crippen molar-refractivity contribution in [1.82, 2.24) is 24.3 Å². The number of imidazole rings is 1. The van der Waals surface area contributed by atoms with E-state index >= 15 is 0 Å². The molecule has 0 saturated carbocycles. The molecule has 2 aliphatic heterocycles. The minimum Gasteiger partial charge on any atom is -0.486 e. The van der Waals surface area contributed by atoms with E-state index in [1.54, 1.807) is 6.20 Å². The molecule has 2 aromatic rings. The quantitative estimate of drug-likeness (QED) is 0.755. The van der Waals surface area contributed by atoms with E-state index < -0.39 is 5.60 Å². The molecule has 2 saturated heterocycles. The van der Waals surface area contributed by atoms with Gasteiger partial charge in [0.05, 0.1) is 5.60 Å². The average molecular weight is 400 g/mol. The molecule has 1 aromatic heterocycles. The van der Waals surface area contributed by atoms with Crippen molar-refractivity contribution in [2.24, 2.45) is 7.05 Å². The molecule has 1 atom stereocenters. The van der Waals surface area contributed by atoms with Gasteiger partial charge in [0.15, 0.2) is 0 Å². The second-order valence-corrected chi connectivity index (χ2v) is 8.65. The molecular weight excluding hydrogens is 366 g/mol. The molecule has 1 aromatic carbocycles. The average Bonchev–Trinajstić information content (AvgIpc) is 3.28. The van der Waals surface area contributed by atoms with Crippen molar-refractivity contribution in [3.63, 3.8) is 0 Å². The van der Waals surface area contributed by atoms with Crippen molar-refractivity contribution in [1.29, 1.82) is 0 Å². The first kappa shape index (κ1) is 20.3. The lowest BCUT2D eigenvalue weighted by Crippen LogP contribution is -2.51. The zero-order valence-corrected chi connectivity index (χ0v) is 17.6. The minimum absolute atomic E-state index is 0.467. The predicted octanol–water partition coefficient (Wildman–Crippen LogP) is 1.18. The number of aliphatic hydroxyl groups is 1. The molecule has 158 valence electrons. The molecule has 2 fully saturated rings. The molecule has 7 nitrogen and oxygen atoms in total. The van der Waals surface area contributed by atoms with Crippen molar-refractivity contribution in [3.8, 4) is 5.75 Å². The summed E-state index contributed by atoms with van der Waals surface area (Å²) in [6.45, 7) is 8.11. The number of likely N-dealkylation sites (N-methyl/N-ethyl adjacent to an activating group) is 1. The Morgan fingerprint density at radius 2 is 1.79 bits per heavy atom. The highest BCUT2D eigenvalue weighted by Gasteiger charge is 2.37. The number of hydrogen-bond donors (Lipinski definition) is 1. The third-order valence-corrected chi connectivity index (χ3v) is 6.14. The van der Waals surface area contributed by atoms with E-state index in [-0.39, 0.29) is 0 Å². The van der Waals surface area contributed by atoms with Gasteiger partial charge in [-0.3, -0.25) is 9.80 Å². The van der Waals surface area contributed by atoms with Crippen LogP contribution in [0.5, 0.6) is 5.75 Å². The number of aryl methyl sites for hydroxylation is 1. The minimum atomic E-state index is -0.582. The maximum atomic E-state index is 11.1. The third kappa shape index (κ3) is 5.36. The van der Waals surface area contributed by atoms with E-state index in [1.807, 2.05) is 29.9 Å². The summed E-state index contributed by atoms with van der Waals surface area (Å²) >= 11 is 0. The molecule has 29 heavy (non-hydrogen) atoms. The van der Waals surface area contributed by atoms with Crippen LogP contribution in [0.4, 0.5) is 0 Å². The number of aromatic nitrogens is 2. The topological polar surface area (TPSA) is 57.0 Å². The Morgan fingerprint density at radius 1 is 1.03 bits per heavy atom. The summed E-state index contributed by atoms with van der Waals surface area (Å²) < 4.78 is 7.80. The zero-order chi connectivity index (χ0) is 20.3. The van der Waals surface area contributed by atoms with E-state index in [4.69, 9.17) is 4.74 Å². The first-order chi connectivity index (χ1) is 14.0. The van der Waals surface area contributed by atoms with Gasteiger partial charge in [-0.05, 0) is 31.2 Å². The Bertz CT molecular complexity index is 785. The van der Waals surface area contributed by atoms with Crippen LogP contribution in [0.3, 0.4) is 0 Å². The van der Waals surface area contributed by atoms with Crippen LogP contribution in [0.2, 0.25) is 0 Å². The van der Waals surface area contributed by atoms with Gasteiger partial charge in [0, 0.05) is 71.8 Å². The molecule has 7 heteroatoms. The number of piperazine rings is 1. The van der Waals surface area contributed by atoms with Crippen LogP contribution in [-0.2, 0) is 20.2 Å². The zero-order valence-electron chi connectivity index (χ0n) is 17.6. The second kappa shape index (κ2) is 8.83. The number of hydrogen-bond acceptors (Lipinski definition) is 6. The van der Waals surface area contributed by atoms with E-state index in [9.17, 15) is 5.11 Å². The SMILES string of the molecule is CN1CCN(C[C@]2(O)CCN(Cc3ccc(OCc4nccn4C)cc3)C2)CC1. The maximum absolute atomic E-state index is 11.1. The first-order valence-electron chi connectivity index (χ1n) is 10.5. The van der Waals surface area contributed by atoms with Crippen molar-refractivity contribution in [2.45, 2.75) is 25.2 Å². The standard InChI is InChI=1S/C22H33N5O2/c1-24-11-13-26(14-12-24)17-22(28)7-9-27(18-22)15-19-3-5-20(6-4-19)29-16-21-23-8-10-25(21)2/h3-6,8,10,28H,7,9,11-18H2,1-2H3/t22-/m1/s1. The molecular formula is C22H33N5O2.